The van der Waals surface area contributed by atoms with Crippen molar-refractivity contribution >= 4 is 21.8 Å². The molecule has 0 saturated heterocycles. The summed E-state index contributed by atoms with van der Waals surface area (Å²) in [6.07, 6.45) is 18.8. The van der Waals surface area contributed by atoms with Gasteiger partial charge in [-0.3, -0.25) is 24.9 Å². The summed E-state index contributed by atoms with van der Waals surface area (Å²) >= 11 is 0. The van der Waals surface area contributed by atoms with Gasteiger partial charge in [0.25, 0.3) is 0 Å². The topological polar surface area (TPSA) is 69.4 Å². The van der Waals surface area contributed by atoms with Gasteiger partial charge < -0.3 is 4.57 Å². The highest BCUT2D eigenvalue weighted by Crippen LogP contribution is 2.38. The van der Waals surface area contributed by atoms with Crippen LogP contribution in [0.3, 0.4) is 0 Å². The molecule has 0 spiro atoms. The van der Waals surface area contributed by atoms with Crippen LogP contribution < -0.4 is 0 Å². The van der Waals surface area contributed by atoms with Crippen molar-refractivity contribution < 1.29 is 0 Å². The lowest BCUT2D eigenvalue weighted by Crippen LogP contribution is -1.96. The molecule has 0 aliphatic carbocycles. The van der Waals surface area contributed by atoms with E-state index in [-0.39, 0.29) is 0 Å². The quantitative estimate of drug-likeness (QED) is 0.165. The van der Waals surface area contributed by atoms with E-state index >= 15 is 0 Å². The summed E-state index contributed by atoms with van der Waals surface area (Å²) in [5, 5.41) is 2.29. The lowest BCUT2D eigenvalue weighted by atomic mass is 9.94. The highest BCUT2D eigenvalue weighted by molar-refractivity contribution is 6.09. The maximum Gasteiger partial charge on any atom is 0.0571 e. The van der Waals surface area contributed by atoms with E-state index in [0.717, 1.165) is 88.9 Å². The van der Waals surface area contributed by atoms with Crippen molar-refractivity contribution in [3.8, 4) is 72.4 Å². The van der Waals surface area contributed by atoms with Crippen molar-refractivity contribution in [1.82, 2.24) is 29.5 Å². The van der Waals surface area contributed by atoms with E-state index in [9.17, 15) is 0 Å². The monoisotopic (exact) mass is 704 g/mol. The molecule has 0 radical (unpaired) electrons. The molecule has 258 valence electrons. The summed E-state index contributed by atoms with van der Waals surface area (Å²) in [6.45, 7) is 0. The van der Waals surface area contributed by atoms with Crippen molar-refractivity contribution in [2.45, 2.75) is 0 Å². The Morgan fingerprint density at radius 2 is 0.709 bits per heavy atom. The first kappa shape index (κ1) is 32.1. The van der Waals surface area contributed by atoms with Gasteiger partial charge in [-0.05, 0) is 123 Å². The van der Waals surface area contributed by atoms with Gasteiger partial charge in [-0.1, -0.05) is 54.6 Å². The summed E-state index contributed by atoms with van der Waals surface area (Å²) < 4.78 is 2.36. The molecule has 0 amide bonds. The van der Waals surface area contributed by atoms with Gasteiger partial charge >= 0.3 is 0 Å². The fourth-order valence-corrected chi connectivity index (χ4v) is 7.52. The van der Waals surface area contributed by atoms with Gasteiger partial charge in [-0.25, -0.2) is 0 Å². The second-order valence-corrected chi connectivity index (χ2v) is 13.6. The third-order valence-corrected chi connectivity index (χ3v) is 10.2. The van der Waals surface area contributed by atoms with Gasteiger partial charge in [0.05, 0.1) is 11.0 Å². The Bertz CT molecular complexity index is 2790. The van der Waals surface area contributed by atoms with Crippen LogP contribution in [-0.2, 0) is 0 Å². The van der Waals surface area contributed by atoms with E-state index in [1.807, 2.05) is 86.2 Å². The molecule has 6 heteroatoms. The summed E-state index contributed by atoms with van der Waals surface area (Å²) in [5.74, 6) is 0. The number of para-hydroxylation sites is 1. The minimum Gasteiger partial charge on any atom is -0.309 e. The molecule has 6 aromatic heterocycles. The van der Waals surface area contributed by atoms with Crippen molar-refractivity contribution in [3.63, 3.8) is 0 Å². The molecule has 0 unspecified atom stereocenters. The normalized spacial score (nSPS) is 11.3. The summed E-state index contributed by atoms with van der Waals surface area (Å²) in [6, 6.07) is 47.5. The molecule has 4 aromatic carbocycles. The van der Waals surface area contributed by atoms with Crippen LogP contribution in [-0.4, -0.2) is 29.5 Å². The maximum absolute atomic E-state index is 4.62. The van der Waals surface area contributed by atoms with E-state index in [0.29, 0.717) is 0 Å². The van der Waals surface area contributed by atoms with E-state index in [1.165, 1.54) is 5.39 Å². The summed E-state index contributed by atoms with van der Waals surface area (Å²) in [4.78, 5) is 22.1. The van der Waals surface area contributed by atoms with Crippen LogP contribution in [0.4, 0.5) is 0 Å². The highest BCUT2D eigenvalue weighted by atomic mass is 15.0. The van der Waals surface area contributed by atoms with Gasteiger partial charge in [0.15, 0.2) is 0 Å². The van der Waals surface area contributed by atoms with Gasteiger partial charge in [0, 0.05) is 101 Å². The fourth-order valence-electron chi connectivity index (χ4n) is 7.52. The van der Waals surface area contributed by atoms with Crippen LogP contribution in [0.25, 0.3) is 94.3 Å². The zero-order valence-corrected chi connectivity index (χ0v) is 29.7. The Morgan fingerprint density at radius 3 is 1.27 bits per heavy atom. The number of aromatic nitrogens is 6. The predicted molar refractivity (Wildman–Crippen MR) is 222 cm³/mol. The second kappa shape index (κ2) is 13.8. The molecular formula is C49H32N6. The number of rotatable bonds is 7. The number of hydrogen-bond acceptors (Lipinski definition) is 5. The Kier molecular flexibility index (Phi) is 8.04. The first-order valence-corrected chi connectivity index (χ1v) is 18.2. The summed E-state index contributed by atoms with van der Waals surface area (Å²) in [5.41, 5.74) is 16.3. The van der Waals surface area contributed by atoms with Gasteiger partial charge in [0.1, 0.15) is 0 Å². The average Bonchev–Trinajstić information content (AvgIpc) is 3.61. The van der Waals surface area contributed by atoms with Gasteiger partial charge in [-0.15, -0.1) is 0 Å². The van der Waals surface area contributed by atoms with E-state index in [4.69, 9.17) is 0 Å². The van der Waals surface area contributed by atoms with Crippen LogP contribution in [0.2, 0.25) is 0 Å². The number of benzene rings is 4. The summed E-state index contributed by atoms with van der Waals surface area (Å²) in [7, 11) is 0. The molecule has 0 N–H and O–H groups in total. The second-order valence-electron chi connectivity index (χ2n) is 13.6. The molecule has 10 rings (SSSR count). The largest absolute Gasteiger partial charge is 0.309 e. The van der Waals surface area contributed by atoms with E-state index < -0.39 is 0 Å². The molecule has 0 fully saturated rings. The SMILES string of the molecule is c1cc(-c2cncc(-c3ccncc3)c2)cc(-c2cc(-c3cccc(-c4cncc(-c5ccncc5)c4)c3)cc(-n3c4ccccc4c4cnccc43)c2)c1. The third-order valence-electron chi connectivity index (χ3n) is 10.2. The lowest BCUT2D eigenvalue weighted by molar-refractivity contribution is 1.18. The van der Waals surface area contributed by atoms with Crippen LogP contribution in [0, 0.1) is 0 Å². The van der Waals surface area contributed by atoms with Crippen molar-refractivity contribution in [2.75, 3.05) is 0 Å². The van der Waals surface area contributed by atoms with Crippen molar-refractivity contribution in [3.05, 3.63) is 195 Å². The first-order valence-electron chi connectivity index (χ1n) is 18.2. The molecule has 6 heterocycles. The Morgan fingerprint density at radius 1 is 0.273 bits per heavy atom. The molecule has 0 aliphatic heterocycles. The zero-order valence-electron chi connectivity index (χ0n) is 29.7. The Hall–Kier alpha value is -7.57. The lowest BCUT2D eigenvalue weighted by Gasteiger charge is -2.15. The van der Waals surface area contributed by atoms with Gasteiger partial charge in [-0.2, -0.15) is 0 Å². The zero-order chi connectivity index (χ0) is 36.6. The number of hydrogen-bond donors (Lipinski definition) is 0. The standard InChI is InChI=1S/C49H32N6/c1-2-10-48-46(9-1)47-32-52-20-15-49(47)55(48)45-26-39(35-5-3-7-37(21-35)43-24-41(28-53-30-43)33-11-16-50-17-12-33)23-40(27-45)36-6-4-8-38(22-36)44-25-42(29-54-31-44)34-13-18-51-19-14-34/h1-32H. The van der Waals surface area contributed by atoms with Crippen LogP contribution >= 0.6 is 0 Å². The fraction of sp³-hybridized carbons (Fsp3) is 0. The number of nitrogens with zero attached hydrogens (tertiary/aromatic N) is 6. The minimum atomic E-state index is 1.05. The molecule has 10 aromatic rings. The average molecular weight is 705 g/mol. The molecule has 0 atom stereocenters. The van der Waals surface area contributed by atoms with Gasteiger partial charge in [0.2, 0.25) is 0 Å². The predicted octanol–water partition coefficient (Wildman–Crippen LogP) is 11.8. The van der Waals surface area contributed by atoms with Crippen LogP contribution in [0.5, 0.6) is 0 Å². The highest BCUT2D eigenvalue weighted by Gasteiger charge is 2.16. The number of fused-ring (bicyclic) bond motifs is 3. The molecule has 0 bridgehead atoms. The Balaban J connectivity index is 1.13. The Labute approximate surface area is 318 Å². The van der Waals surface area contributed by atoms with Crippen molar-refractivity contribution in [1.29, 1.82) is 0 Å². The smallest absolute Gasteiger partial charge is 0.0571 e. The molecule has 55 heavy (non-hydrogen) atoms. The molecule has 0 saturated carbocycles. The maximum atomic E-state index is 4.62. The van der Waals surface area contributed by atoms with Crippen LogP contribution in [0.1, 0.15) is 0 Å². The van der Waals surface area contributed by atoms with E-state index in [1.54, 1.807) is 0 Å². The molecule has 6 nitrogen and oxygen atoms in total. The molecule has 0 aliphatic rings. The third kappa shape index (κ3) is 6.11. The number of pyridine rings is 5. The van der Waals surface area contributed by atoms with E-state index in [2.05, 4.69) is 139 Å². The molecular weight excluding hydrogens is 673 g/mol. The van der Waals surface area contributed by atoms with Crippen molar-refractivity contribution in [2.24, 2.45) is 0 Å². The first-order chi connectivity index (χ1) is 27.2. The minimum absolute atomic E-state index is 1.05. The van der Waals surface area contributed by atoms with Crippen LogP contribution in [0.15, 0.2) is 195 Å².